The van der Waals surface area contributed by atoms with E-state index in [2.05, 4.69) is 60.1 Å². The van der Waals surface area contributed by atoms with Crippen LogP contribution in [-0.2, 0) is 0 Å². The molecule has 5 heteroatoms. The summed E-state index contributed by atoms with van der Waals surface area (Å²) in [5, 5.41) is 1.91. The average molecular weight is 399 g/mol. The second-order valence-corrected chi connectivity index (χ2v) is 8.32. The van der Waals surface area contributed by atoms with Gasteiger partial charge in [0.1, 0.15) is 0 Å². The van der Waals surface area contributed by atoms with Gasteiger partial charge in [0.25, 0.3) is 5.91 Å². The number of anilines is 1. The number of hydrogen-bond acceptors (Lipinski definition) is 4. The van der Waals surface area contributed by atoms with E-state index in [4.69, 9.17) is 4.42 Å². The van der Waals surface area contributed by atoms with E-state index in [-0.39, 0.29) is 11.9 Å². The highest BCUT2D eigenvalue weighted by atomic mass is 16.4. The largest absolute Gasteiger partial charge is 0.433 e. The van der Waals surface area contributed by atoms with E-state index in [1.165, 1.54) is 11.3 Å². The number of rotatable bonds is 2. The van der Waals surface area contributed by atoms with Gasteiger partial charge in [-0.3, -0.25) is 4.79 Å². The lowest BCUT2D eigenvalue weighted by Gasteiger charge is -2.41. The highest BCUT2D eigenvalue weighted by Crippen LogP contribution is 2.26. The first-order chi connectivity index (χ1) is 14.5. The Hall–Kier alpha value is -3.34. The molecule has 0 N–H and O–H groups in total. The molecule has 1 aliphatic rings. The van der Waals surface area contributed by atoms with Gasteiger partial charge in [-0.2, -0.15) is 0 Å². The standard InChI is InChI=1S/C25H25N3O2/c1-16-5-8-21(9-6-16)28-11-10-27(15-18(28)3)25(29)23-14-20-13-19-7-4-17(2)12-22(19)26-24(20)30-23/h4-9,12-14,18H,10-11,15H2,1-3H3. The molecule has 2 aromatic heterocycles. The fraction of sp³-hybridized carbons (Fsp3) is 0.280. The zero-order chi connectivity index (χ0) is 20.8. The maximum atomic E-state index is 13.1. The molecule has 5 nitrogen and oxygen atoms in total. The van der Waals surface area contributed by atoms with Crippen molar-refractivity contribution in [2.45, 2.75) is 26.8 Å². The fourth-order valence-electron chi connectivity index (χ4n) is 4.26. The minimum atomic E-state index is -0.0661. The summed E-state index contributed by atoms with van der Waals surface area (Å²) >= 11 is 0. The molecule has 0 bridgehead atoms. The Bertz CT molecular complexity index is 1240. The van der Waals surface area contributed by atoms with Crippen molar-refractivity contribution in [2.24, 2.45) is 0 Å². The molecule has 5 rings (SSSR count). The van der Waals surface area contributed by atoms with Gasteiger partial charge in [-0.15, -0.1) is 0 Å². The first kappa shape index (κ1) is 18.7. The monoisotopic (exact) mass is 399 g/mol. The SMILES string of the molecule is Cc1ccc(N2CCN(C(=O)c3cc4cc5ccc(C)cc5nc4o3)CC2C)cc1. The third kappa shape index (κ3) is 3.30. The fourth-order valence-corrected chi connectivity index (χ4v) is 4.26. The normalized spacial score (nSPS) is 17.1. The number of amides is 1. The predicted octanol–water partition coefficient (Wildman–Crippen LogP) is 4.95. The Kier molecular flexibility index (Phi) is 4.46. The average Bonchev–Trinajstić information content (AvgIpc) is 3.15. The van der Waals surface area contributed by atoms with Crippen LogP contribution in [0.4, 0.5) is 5.69 Å². The third-order valence-electron chi connectivity index (χ3n) is 5.95. The smallest absolute Gasteiger partial charge is 0.289 e. The van der Waals surface area contributed by atoms with Crippen LogP contribution >= 0.6 is 0 Å². The molecule has 1 amide bonds. The van der Waals surface area contributed by atoms with Crippen molar-refractivity contribution >= 4 is 33.6 Å². The first-order valence-electron chi connectivity index (χ1n) is 10.4. The first-order valence-corrected chi connectivity index (χ1v) is 10.4. The van der Waals surface area contributed by atoms with Gasteiger partial charge in [-0.1, -0.05) is 29.8 Å². The third-order valence-corrected chi connectivity index (χ3v) is 5.95. The van der Waals surface area contributed by atoms with Gasteiger partial charge in [0.05, 0.1) is 5.52 Å². The zero-order valence-electron chi connectivity index (χ0n) is 17.6. The van der Waals surface area contributed by atoms with Gasteiger partial charge in [0.15, 0.2) is 5.76 Å². The summed E-state index contributed by atoms with van der Waals surface area (Å²) < 4.78 is 5.87. The van der Waals surface area contributed by atoms with Gasteiger partial charge in [0.2, 0.25) is 5.71 Å². The maximum Gasteiger partial charge on any atom is 0.289 e. The lowest BCUT2D eigenvalue weighted by atomic mass is 10.1. The van der Waals surface area contributed by atoms with Crippen LogP contribution in [-0.4, -0.2) is 41.5 Å². The van der Waals surface area contributed by atoms with Crippen LogP contribution in [0.25, 0.3) is 22.0 Å². The number of carbonyl (C=O) groups is 1. The van der Waals surface area contributed by atoms with Gasteiger partial charge in [0, 0.05) is 42.1 Å². The second kappa shape index (κ2) is 7.17. The van der Waals surface area contributed by atoms with Gasteiger partial charge in [-0.25, -0.2) is 4.98 Å². The summed E-state index contributed by atoms with van der Waals surface area (Å²) in [7, 11) is 0. The summed E-state index contributed by atoms with van der Waals surface area (Å²) in [6, 6.07) is 18.8. The maximum absolute atomic E-state index is 13.1. The highest BCUT2D eigenvalue weighted by Gasteiger charge is 2.29. The summed E-state index contributed by atoms with van der Waals surface area (Å²) in [5.41, 5.74) is 5.01. The summed E-state index contributed by atoms with van der Waals surface area (Å²) in [6.07, 6.45) is 0. The van der Waals surface area contributed by atoms with E-state index >= 15 is 0 Å². The molecular formula is C25H25N3O2. The molecule has 0 saturated carbocycles. The van der Waals surface area contributed by atoms with Crippen molar-refractivity contribution in [1.29, 1.82) is 0 Å². The van der Waals surface area contributed by atoms with Crippen molar-refractivity contribution in [3.8, 4) is 0 Å². The number of furan rings is 1. The summed E-state index contributed by atoms with van der Waals surface area (Å²) in [4.78, 5) is 22.0. The van der Waals surface area contributed by atoms with Crippen molar-refractivity contribution in [1.82, 2.24) is 9.88 Å². The quantitative estimate of drug-likeness (QED) is 0.479. The molecule has 1 fully saturated rings. The number of piperazine rings is 1. The molecule has 0 spiro atoms. The molecule has 0 radical (unpaired) electrons. The summed E-state index contributed by atoms with van der Waals surface area (Å²) in [5.74, 6) is 0.296. The molecule has 1 atom stereocenters. The minimum Gasteiger partial charge on any atom is -0.433 e. The van der Waals surface area contributed by atoms with E-state index in [1.54, 1.807) is 0 Å². The number of pyridine rings is 1. The van der Waals surface area contributed by atoms with Crippen LogP contribution in [0.2, 0.25) is 0 Å². The van der Waals surface area contributed by atoms with Crippen LogP contribution < -0.4 is 4.90 Å². The van der Waals surface area contributed by atoms with Gasteiger partial charge >= 0.3 is 0 Å². The van der Waals surface area contributed by atoms with Crippen molar-refractivity contribution in [3.05, 3.63) is 71.5 Å². The van der Waals surface area contributed by atoms with E-state index in [9.17, 15) is 4.79 Å². The van der Waals surface area contributed by atoms with Gasteiger partial charge in [-0.05, 0) is 56.7 Å². The number of benzene rings is 2. The minimum absolute atomic E-state index is 0.0661. The molecule has 1 saturated heterocycles. The predicted molar refractivity (Wildman–Crippen MR) is 120 cm³/mol. The van der Waals surface area contributed by atoms with E-state index in [1.807, 2.05) is 30.0 Å². The molecule has 1 aliphatic heterocycles. The number of aromatic nitrogens is 1. The Balaban J connectivity index is 1.37. The topological polar surface area (TPSA) is 49.6 Å². The lowest BCUT2D eigenvalue weighted by Crippen LogP contribution is -2.53. The van der Waals surface area contributed by atoms with Crippen molar-refractivity contribution in [2.75, 3.05) is 24.5 Å². The van der Waals surface area contributed by atoms with Crippen LogP contribution in [0.15, 0.2) is 59.0 Å². The van der Waals surface area contributed by atoms with E-state index < -0.39 is 0 Å². The lowest BCUT2D eigenvalue weighted by molar-refractivity contribution is 0.0696. The number of aryl methyl sites for hydroxylation is 2. The zero-order valence-corrected chi connectivity index (χ0v) is 17.6. The Morgan fingerprint density at radius 1 is 0.967 bits per heavy atom. The molecule has 3 heterocycles. The summed E-state index contributed by atoms with van der Waals surface area (Å²) in [6.45, 7) is 8.43. The number of fused-ring (bicyclic) bond motifs is 2. The number of hydrogen-bond donors (Lipinski definition) is 0. The van der Waals surface area contributed by atoms with Crippen LogP contribution in [0.5, 0.6) is 0 Å². The van der Waals surface area contributed by atoms with Crippen LogP contribution in [0, 0.1) is 13.8 Å². The van der Waals surface area contributed by atoms with E-state index in [0.717, 1.165) is 28.4 Å². The van der Waals surface area contributed by atoms with Gasteiger partial charge < -0.3 is 14.2 Å². The second-order valence-electron chi connectivity index (χ2n) is 8.32. The molecule has 0 aliphatic carbocycles. The molecule has 2 aromatic carbocycles. The molecule has 1 unspecified atom stereocenters. The van der Waals surface area contributed by atoms with Crippen molar-refractivity contribution in [3.63, 3.8) is 0 Å². The molecule has 4 aromatic rings. The Labute approximate surface area is 175 Å². The number of nitrogens with zero attached hydrogens (tertiary/aromatic N) is 3. The highest BCUT2D eigenvalue weighted by molar-refractivity contribution is 5.98. The Morgan fingerprint density at radius 3 is 2.50 bits per heavy atom. The van der Waals surface area contributed by atoms with Crippen LogP contribution in [0.3, 0.4) is 0 Å². The molecule has 152 valence electrons. The molecule has 30 heavy (non-hydrogen) atoms. The number of carbonyl (C=O) groups excluding carboxylic acids is 1. The van der Waals surface area contributed by atoms with Crippen LogP contribution in [0.1, 0.15) is 28.6 Å². The van der Waals surface area contributed by atoms with E-state index in [0.29, 0.717) is 24.6 Å². The molecular weight excluding hydrogens is 374 g/mol. The van der Waals surface area contributed by atoms with Crippen molar-refractivity contribution < 1.29 is 9.21 Å². The Morgan fingerprint density at radius 2 is 1.73 bits per heavy atom.